The predicted octanol–water partition coefficient (Wildman–Crippen LogP) is 4.01. The van der Waals surface area contributed by atoms with E-state index in [0.717, 1.165) is 36.6 Å². The molecule has 0 spiro atoms. The fraction of sp³-hybridized carbons (Fsp3) is 0.278. The molecule has 0 atom stereocenters. The largest absolute Gasteiger partial charge is 0.363 e. The Bertz CT molecular complexity index is 588. The molecule has 0 heterocycles. The minimum absolute atomic E-state index is 0.192. The van der Waals surface area contributed by atoms with Crippen LogP contribution in [-0.2, 0) is 6.42 Å². The summed E-state index contributed by atoms with van der Waals surface area (Å²) in [6, 6.07) is 16.9. The Morgan fingerprint density at radius 2 is 1.65 bits per heavy atom. The Kier molecular flexibility index (Phi) is 7.90. The first-order valence-corrected chi connectivity index (χ1v) is 9.07. The van der Waals surface area contributed by atoms with Crippen LogP contribution < -0.4 is 10.6 Å². The molecule has 0 amide bonds. The average molecular weight is 349 g/mol. The maximum atomic E-state index is 12.8. The van der Waals surface area contributed by atoms with E-state index >= 15 is 0 Å². The maximum absolute atomic E-state index is 12.8. The lowest BCUT2D eigenvalue weighted by molar-refractivity contribution is 0.626. The van der Waals surface area contributed by atoms with Gasteiger partial charge in [0.25, 0.3) is 0 Å². The summed E-state index contributed by atoms with van der Waals surface area (Å²) >= 11 is 6.98. The predicted molar refractivity (Wildman–Crippen MR) is 100 cm³/mol. The molecule has 0 aromatic heterocycles. The molecular formula is C18H21FN2S2. The molecule has 2 rings (SSSR count). The van der Waals surface area contributed by atoms with Crippen LogP contribution in [-0.4, -0.2) is 24.0 Å². The highest BCUT2D eigenvalue weighted by Crippen LogP contribution is 2.18. The van der Waals surface area contributed by atoms with Gasteiger partial charge in [0.05, 0.1) is 0 Å². The molecule has 2 aromatic carbocycles. The van der Waals surface area contributed by atoms with Crippen molar-refractivity contribution in [3.63, 3.8) is 0 Å². The van der Waals surface area contributed by atoms with Gasteiger partial charge in [-0.1, -0.05) is 30.3 Å². The van der Waals surface area contributed by atoms with Gasteiger partial charge in [-0.25, -0.2) is 4.39 Å². The maximum Gasteiger partial charge on any atom is 0.166 e. The molecule has 0 saturated carbocycles. The third-order valence-electron chi connectivity index (χ3n) is 3.23. The van der Waals surface area contributed by atoms with Crippen molar-refractivity contribution in [2.75, 3.05) is 18.8 Å². The van der Waals surface area contributed by atoms with Gasteiger partial charge < -0.3 is 10.6 Å². The Balaban J connectivity index is 1.50. The van der Waals surface area contributed by atoms with E-state index in [-0.39, 0.29) is 5.82 Å². The molecule has 0 saturated heterocycles. The van der Waals surface area contributed by atoms with Crippen LogP contribution in [0.4, 0.5) is 4.39 Å². The molecule has 122 valence electrons. The SMILES string of the molecule is Fc1ccc(SCCCNC(=S)NCCc2ccccc2)cc1. The smallest absolute Gasteiger partial charge is 0.166 e. The summed E-state index contributed by atoms with van der Waals surface area (Å²) in [7, 11) is 0. The van der Waals surface area contributed by atoms with E-state index < -0.39 is 0 Å². The van der Waals surface area contributed by atoms with Crippen molar-refractivity contribution in [3.8, 4) is 0 Å². The van der Waals surface area contributed by atoms with Gasteiger partial charge in [0, 0.05) is 18.0 Å². The van der Waals surface area contributed by atoms with Crippen LogP contribution in [0.25, 0.3) is 0 Å². The lowest BCUT2D eigenvalue weighted by atomic mass is 10.1. The number of hydrogen-bond acceptors (Lipinski definition) is 2. The van der Waals surface area contributed by atoms with Gasteiger partial charge in [-0.05, 0) is 60.6 Å². The summed E-state index contributed by atoms with van der Waals surface area (Å²) < 4.78 is 12.8. The van der Waals surface area contributed by atoms with E-state index in [2.05, 4.69) is 22.8 Å². The fourth-order valence-corrected chi connectivity index (χ4v) is 3.08. The highest BCUT2D eigenvalue weighted by Gasteiger charge is 1.98. The Morgan fingerprint density at radius 1 is 0.957 bits per heavy atom. The highest BCUT2D eigenvalue weighted by atomic mass is 32.2. The Labute approximate surface area is 146 Å². The van der Waals surface area contributed by atoms with Crippen LogP contribution in [0.5, 0.6) is 0 Å². The first-order valence-electron chi connectivity index (χ1n) is 7.68. The van der Waals surface area contributed by atoms with Crippen LogP contribution in [0, 0.1) is 5.82 Å². The molecule has 0 fully saturated rings. The second kappa shape index (κ2) is 10.2. The van der Waals surface area contributed by atoms with Crippen LogP contribution >= 0.6 is 24.0 Å². The number of hydrogen-bond donors (Lipinski definition) is 2. The monoisotopic (exact) mass is 348 g/mol. The van der Waals surface area contributed by atoms with Crippen molar-refractivity contribution >= 4 is 29.1 Å². The summed E-state index contributed by atoms with van der Waals surface area (Å²) in [6.45, 7) is 1.67. The molecule has 2 aromatic rings. The number of halogens is 1. The van der Waals surface area contributed by atoms with Gasteiger partial charge in [0.1, 0.15) is 5.82 Å². The van der Waals surface area contributed by atoms with Gasteiger partial charge in [-0.3, -0.25) is 0 Å². The van der Waals surface area contributed by atoms with Gasteiger partial charge in [0.2, 0.25) is 0 Å². The molecule has 23 heavy (non-hydrogen) atoms. The summed E-state index contributed by atoms with van der Waals surface area (Å²) in [4.78, 5) is 1.09. The van der Waals surface area contributed by atoms with Crippen molar-refractivity contribution in [1.29, 1.82) is 0 Å². The standard InChI is InChI=1S/C18H21FN2S2/c19-16-7-9-17(10-8-16)23-14-4-12-20-18(22)21-13-11-15-5-2-1-3-6-15/h1-3,5-10H,4,11-14H2,(H2,20,21,22). The lowest BCUT2D eigenvalue weighted by Gasteiger charge is -2.10. The van der Waals surface area contributed by atoms with Crippen molar-refractivity contribution in [2.24, 2.45) is 0 Å². The third kappa shape index (κ3) is 7.48. The second-order valence-corrected chi connectivity index (χ2v) is 6.65. The van der Waals surface area contributed by atoms with Crippen LogP contribution in [0.15, 0.2) is 59.5 Å². The van der Waals surface area contributed by atoms with Crippen molar-refractivity contribution < 1.29 is 4.39 Å². The molecule has 0 aliphatic carbocycles. The Hall–Kier alpha value is -1.59. The molecule has 0 radical (unpaired) electrons. The van der Waals surface area contributed by atoms with Crippen LogP contribution in [0.1, 0.15) is 12.0 Å². The van der Waals surface area contributed by atoms with Crippen molar-refractivity contribution in [2.45, 2.75) is 17.7 Å². The van der Waals surface area contributed by atoms with Gasteiger partial charge in [-0.2, -0.15) is 0 Å². The minimum Gasteiger partial charge on any atom is -0.363 e. The second-order valence-electron chi connectivity index (χ2n) is 5.07. The molecule has 0 bridgehead atoms. The fourth-order valence-electron chi connectivity index (χ4n) is 2.02. The summed E-state index contributed by atoms with van der Waals surface area (Å²) in [5.74, 6) is 0.786. The highest BCUT2D eigenvalue weighted by molar-refractivity contribution is 7.99. The summed E-state index contributed by atoms with van der Waals surface area (Å²) in [6.07, 6.45) is 1.96. The minimum atomic E-state index is -0.192. The molecule has 0 aliphatic rings. The van der Waals surface area contributed by atoms with Gasteiger partial charge in [0.15, 0.2) is 5.11 Å². The van der Waals surface area contributed by atoms with Gasteiger partial charge in [-0.15, -0.1) is 11.8 Å². The topological polar surface area (TPSA) is 24.1 Å². The van der Waals surface area contributed by atoms with E-state index in [1.807, 2.05) is 30.3 Å². The number of benzene rings is 2. The van der Waals surface area contributed by atoms with Crippen LogP contribution in [0.2, 0.25) is 0 Å². The summed E-state index contributed by atoms with van der Waals surface area (Å²) in [5, 5.41) is 7.13. The zero-order chi connectivity index (χ0) is 16.3. The number of nitrogens with one attached hydrogen (secondary N) is 2. The molecule has 0 aliphatic heterocycles. The first kappa shape index (κ1) is 17.8. The van der Waals surface area contributed by atoms with E-state index in [0.29, 0.717) is 5.11 Å². The molecular weight excluding hydrogens is 327 g/mol. The van der Waals surface area contributed by atoms with Crippen molar-refractivity contribution in [3.05, 3.63) is 66.0 Å². The third-order valence-corrected chi connectivity index (χ3v) is 4.62. The Morgan fingerprint density at radius 3 is 2.39 bits per heavy atom. The van der Waals surface area contributed by atoms with Crippen molar-refractivity contribution in [1.82, 2.24) is 10.6 Å². The van der Waals surface area contributed by atoms with Gasteiger partial charge >= 0.3 is 0 Å². The number of thiocarbonyl (C=S) groups is 1. The number of rotatable bonds is 8. The zero-order valence-corrected chi connectivity index (χ0v) is 14.6. The molecule has 2 nitrogen and oxygen atoms in total. The molecule has 2 N–H and O–H groups in total. The van der Waals surface area contributed by atoms with E-state index in [4.69, 9.17) is 12.2 Å². The lowest BCUT2D eigenvalue weighted by Crippen LogP contribution is -2.36. The quantitative estimate of drug-likeness (QED) is 0.427. The average Bonchev–Trinajstić information content (AvgIpc) is 2.57. The van der Waals surface area contributed by atoms with E-state index in [9.17, 15) is 4.39 Å². The summed E-state index contributed by atoms with van der Waals surface area (Å²) in [5.41, 5.74) is 1.30. The van der Waals surface area contributed by atoms with E-state index in [1.165, 1.54) is 17.7 Å². The first-order chi connectivity index (χ1) is 11.2. The molecule has 0 unspecified atom stereocenters. The normalized spacial score (nSPS) is 10.3. The zero-order valence-electron chi connectivity index (χ0n) is 12.9. The number of thioether (sulfide) groups is 1. The molecule has 5 heteroatoms. The van der Waals surface area contributed by atoms with E-state index in [1.54, 1.807) is 11.8 Å². The van der Waals surface area contributed by atoms with Crippen LogP contribution in [0.3, 0.4) is 0 Å².